The van der Waals surface area contributed by atoms with E-state index in [1.807, 2.05) is 4.90 Å². The molecule has 1 aromatic carbocycles. The van der Waals surface area contributed by atoms with Crippen LogP contribution in [-0.2, 0) is 11.3 Å². The van der Waals surface area contributed by atoms with Crippen LogP contribution >= 0.6 is 11.6 Å². The van der Waals surface area contributed by atoms with Crippen LogP contribution in [0.25, 0.3) is 0 Å². The van der Waals surface area contributed by atoms with E-state index in [1.54, 1.807) is 12.1 Å². The van der Waals surface area contributed by atoms with Crippen LogP contribution in [0, 0.1) is 5.82 Å². The minimum atomic E-state index is -0.813. The molecule has 98 valence electrons. The first-order valence-electron chi connectivity index (χ1n) is 5.96. The highest BCUT2D eigenvalue weighted by Gasteiger charge is 2.27. The summed E-state index contributed by atoms with van der Waals surface area (Å²) in [5, 5.41) is 9.24. The highest BCUT2D eigenvalue weighted by atomic mass is 35.5. The summed E-state index contributed by atoms with van der Waals surface area (Å²) < 4.78 is 13.7. The molecule has 1 aromatic rings. The fourth-order valence-electron chi connectivity index (χ4n) is 2.42. The van der Waals surface area contributed by atoms with Crippen LogP contribution in [0.15, 0.2) is 18.2 Å². The van der Waals surface area contributed by atoms with Crippen LogP contribution in [0.1, 0.15) is 24.8 Å². The van der Waals surface area contributed by atoms with E-state index in [4.69, 9.17) is 16.7 Å². The zero-order valence-corrected chi connectivity index (χ0v) is 10.7. The molecule has 0 aliphatic carbocycles. The number of carboxylic acids is 1. The zero-order chi connectivity index (χ0) is 13.1. The number of halogens is 2. The van der Waals surface area contributed by atoms with Crippen molar-refractivity contribution in [1.82, 2.24) is 4.90 Å². The molecule has 18 heavy (non-hydrogen) atoms. The Morgan fingerprint density at radius 1 is 1.56 bits per heavy atom. The Bertz CT molecular complexity index is 432. The van der Waals surface area contributed by atoms with E-state index in [-0.39, 0.29) is 18.3 Å². The average molecular weight is 272 g/mol. The summed E-state index contributed by atoms with van der Waals surface area (Å²) in [7, 11) is 0. The third-order valence-corrected chi connectivity index (χ3v) is 3.69. The second-order valence-electron chi connectivity index (χ2n) is 4.56. The van der Waals surface area contributed by atoms with Crippen molar-refractivity contribution >= 4 is 17.6 Å². The summed E-state index contributed by atoms with van der Waals surface area (Å²) in [6, 6.07) is 4.59. The Hall–Kier alpha value is -1.13. The summed E-state index contributed by atoms with van der Waals surface area (Å²) >= 11 is 5.98. The topological polar surface area (TPSA) is 40.5 Å². The van der Waals surface area contributed by atoms with E-state index in [9.17, 15) is 9.18 Å². The van der Waals surface area contributed by atoms with Gasteiger partial charge >= 0.3 is 5.97 Å². The molecule has 1 fully saturated rings. The van der Waals surface area contributed by atoms with Crippen molar-refractivity contribution in [2.75, 3.05) is 6.54 Å². The Kier molecular flexibility index (Phi) is 4.19. The molecule has 1 unspecified atom stereocenters. The van der Waals surface area contributed by atoms with Crippen LogP contribution in [0.5, 0.6) is 0 Å². The van der Waals surface area contributed by atoms with E-state index >= 15 is 0 Å². The zero-order valence-electron chi connectivity index (χ0n) is 9.90. The number of likely N-dealkylation sites (tertiary alicyclic amines) is 1. The van der Waals surface area contributed by atoms with Gasteiger partial charge in [0.2, 0.25) is 0 Å². The van der Waals surface area contributed by atoms with Crippen molar-refractivity contribution in [3.05, 3.63) is 34.6 Å². The van der Waals surface area contributed by atoms with Gasteiger partial charge in [-0.05, 0) is 31.5 Å². The van der Waals surface area contributed by atoms with Crippen LogP contribution in [0.2, 0.25) is 5.02 Å². The number of hydrogen-bond donors (Lipinski definition) is 1. The number of carboxylic acid groups (broad SMARTS) is 1. The van der Waals surface area contributed by atoms with Gasteiger partial charge in [0.05, 0.1) is 6.42 Å². The number of aliphatic carboxylic acids is 1. The number of hydrogen-bond acceptors (Lipinski definition) is 2. The predicted molar refractivity (Wildman–Crippen MR) is 67.1 cm³/mol. The summed E-state index contributed by atoms with van der Waals surface area (Å²) in [5.41, 5.74) is 0.455. The lowest BCUT2D eigenvalue weighted by atomic mass is 10.1. The van der Waals surface area contributed by atoms with Gasteiger partial charge < -0.3 is 5.11 Å². The molecule has 2 rings (SSSR count). The third-order valence-electron chi connectivity index (χ3n) is 3.33. The Labute approximate surface area is 110 Å². The van der Waals surface area contributed by atoms with Crippen molar-refractivity contribution < 1.29 is 14.3 Å². The van der Waals surface area contributed by atoms with E-state index in [2.05, 4.69) is 0 Å². The molecule has 0 saturated carbocycles. The van der Waals surface area contributed by atoms with Gasteiger partial charge in [0.1, 0.15) is 5.82 Å². The Balaban J connectivity index is 2.10. The molecular weight excluding hydrogens is 257 g/mol. The van der Waals surface area contributed by atoms with Crippen molar-refractivity contribution in [2.45, 2.75) is 31.8 Å². The van der Waals surface area contributed by atoms with Gasteiger partial charge in [-0.3, -0.25) is 9.69 Å². The van der Waals surface area contributed by atoms with Crippen LogP contribution in [-0.4, -0.2) is 28.6 Å². The van der Waals surface area contributed by atoms with Gasteiger partial charge in [-0.1, -0.05) is 17.7 Å². The molecule has 1 atom stereocenters. The first kappa shape index (κ1) is 13.3. The van der Waals surface area contributed by atoms with Crippen molar-refractivity contribution in [3.63, 3.8) is 0 Å². The Morgan fingerprint density at radius 2 is 2.33 bits per heavy atom. The van der Waals surface area contributed by atoms with Crippen molar-refractivity contribution in [3.8, 4) is 0 Å². The Morgan fingerprint density at radius 3 is 3.00 bits per heavy atom. The largest absolute Gasteiger partial charge is 0.481 e. The van der Waals surface area contributed by atoms with Gasteiger partial charge in [0.25, 0.3) is 0 Å². The van der Waals surface area contributed by atoms with Gasteiger partial charge in [-0.2, -0.15) is 0 Å². The molecule has 0 radical (unpaired) electrons. The highest BCUT2D eigenvalue weighted by molar-refractivity contribution is 6.31. The SMILES string of the molecule is O=C(O)CC1CCCN1Cc1c(F)cccc1Cl. The first-order valence-corrected chi connectivity index (χ1v) is 6.34. The lowest BCUT2D eigenvalue weighted by Gasteiger charge is -2.23. The normalized spacial score (nSPS) is 20.2. The molecule has 5 heteroatoms. The van der Waals surface area contributed by atoms with Crippen molar-refractivity contribution in [1.29, 1.82) is 0 Å². The maximum absolute atomic E-state index is 13.7. The average Bonchev–Trinajstić information content (AvgIpc) is 2.70. The van der Waals surface area contributed by atoms with E-state index < -0.39 is 5.97 Å². The fraction of sp³-hybridized carbons (Fsp3) is 0.462. The predicted octanol–water partition coefficient (Wildman–Crippen LogP) is 2.92. The molecule has 1 heterocycles. The standard InChI is InChI=1S/C13H15ClFNO2/c14-11-4-1-5-12(15)10(11)8-16-6-2-3-9(16)7-13(17)18/h1,4-5,9H,2-3,6-8H2,(H,17,18). The minimum absolute atomic E-state index is 0.0156. The fourth-order valence-corrected chi connectivity index (χ4v) is 2.65. The van der Waals surface area contributed by atoms with Crippen LogP contribution < -0.4 is 0 Å². The van der Waals surface area contributed by atoms with E-state index in [0.717, 1.165) is 19.4 Å². The minimum Gasteiger partial charge on any atom is -0.481 e. The molecule has 0 amide bonds. The molecule has 0 aromatic heterocycles. The molecule has 1 aliphatic heterocycles. The first-order chi connectivity index (χ1) is 8.58. The van der Waals surface area contributed by atoms with E-state index in [0.29, 0.717) is 17.1 Å². The summed E-state index contributed by atoms with van der Waals surface area (Å²) in [6.07, 6.45) is 1.90. The third kappa shape index (κ3) is 3.00. The molecule has 1 saturated heterocycles. The van der Waals surface area contributed by atoms with Gasteiger partial charge in [0, 0.05) is 23.2 Å². The summed E-state index contributed by atoms with van der Waals surface area (Å²) in [5.74, 6) is -1.14. The number of carbonyl (C=O) groups is 1. The second kappa shape index (κ2) is 5.67. The summed E-state index contributed by atoms with van der Waals surface area (Å²) in [4.78, 5) is 12.8. The molecular formula is C13H15ClFNO2. The maximum Gasteiger partial charge on any atom is 0.304 e. The number of nitrogens with zero attached hydrogens (tertiary/aromatic N) is 1. The highest BCUT2D eigenvalue weighted by Crippen LogP contribution is 2.26. The van der Waals surface area contributed by atoms with Crippen LogP contribution in [0.3, 0.4) is 0 Å². The molecule has 1 aliphatic rings. The number of benzene rings is 1. The lowest BCUT2D eigenvalue weighted by molar-refractivity contribution is -0.138. The van der Waals surface area contributed by atoms with E-state index in [1.165, 1.54) is 6.07 Å². The molecule has 3 nitrogen and oxygen atoms in total. The summed E-state index contributed by atoms with van der Waals surface area (Å²) in [6.45, 7) is 1.17. The van der Waals surface area contributed by atoms with Crippen molar-refractivity contribution in [2.24, 2.45) is 0 Å². The lowest BCUT2D eigenvalue weighted by Crippen LogP contribution is -2.31. The maximum atomic E-state index is 13.7. The molecule has 1 N–H and O–H groups in total. The van der Waals surface area contributed by atoms with Gasteiger partial charge in [-0.15, -0.1) is 0 Å². The second-order valence-corrected chi connectivity index (χ2v) is 4.97. The number of rotatable bonds is 4. The monoisotopic (exact) mass is 271 g/mol. The van der Waals surface area contributed by atoms with Gasteiger partial charge in [0.15, 0.2) is 0 Å². The molecule has 0 spiro atoms. The molecule has 0 bridgehead atoms. The van der Waals surface area contributed by atoms with Gasteiger partial charge in [-0.25, -0.2) is 4.39 Å². The van der Waals surface area contributed by atoms with Crippen LogP contribution in [0.4, 0.5) is 4.39 Å². The smallest absolute Gasteiger partial charge is 0.304 e. The quantitative estimate of drug-likeness (QED) is 0.915.